The first kappa shape index (κ1) is 14.2. The molecule has 0 atom stereocenters. The van der Waals surface area contributed by atoms with Gasteiger partial charge in [0.05, 0.1) is 4.91 Å². The molecule has 1 fully saturated rings. The highest BCUT2D eigenvalue weighted by Gasteiger charge is 2.26. The molecule has 0 aromatic heterocycles. The number of nitrogens with zero attached hydrogens (tertiary/aromatic N) is 2. The van der Waals surface area contributed by atoms with Crippen molar-refractivity contribution >= 4 is 28.9 Å². The van der Waals surface area contributed by atoms with Crippen LogP contribution in [0, 0.1) is 0 Å². The summed E-state index contributed by atoms with van der Waals surface area (Å²) in [5.74, 6) is -0.0544. The van der Waals surface area contributed by atoms with Crippen LogP contribution in [-0.2, 0) is 4.79 Å². The van der Waals surface area contributed by atoms with Crippen LogP contribution in [0.1, 0.15) is 12.0 Å². The van der Waals surface area contributed by atoms with Gasteiger partial charge in [0.15, 0.2) is 5.17 Å². The predicted molar refractivity (Wildman–Crippen MR) is 85.2 cm³/mol. The quantitative estimate of drug-likeness (QED) is 0.773. The largest absolute Gasteiger partial charge is 0.507 e. The van der Waals surface area contributed by atoms with Crippen molar-refractivity contribution in [2.24, 2.45) is 4.99 Å². The lowest BCUT2D eigenvalue weighted by Gasteiger charge is -2.20. The molecule has 21 heavy (non-hydrogen) atoms. The number of phenolic OH excluding ortho intramolecular Hbond substituents is 1. The van der Waals surface area contributed by atoms with Crippen LogP contribution in [0.25, 0.3) is 6.08 Å². The minimum atomic E-state index is -0.226. The van der Waals surface area contributed by atoms with E-state index in [9.17, 15) is 9.90 Å². The molecular formula is C15H17N3O2S. The molecule has 1 saturated heterocycles. The Hall–Kier alpha value is -1.79. The first-order valence-electron chi connectivity index (χ1n) is 7.00. The number of rotatable bonds is 1. The fraction of sp³-hybridized carbons (Fsp3) is 0.333. The number of aliphatic imine (C=N–C) groups is 1. The second kappa shape index (κ2) is 6.32. The van der Waals surface area contributed by atoms with Crippen molar-refractivity contribution in [3.63, 3.8) is 0 Å². The van der Waals surface area contributed by atoms with Gasteiger partial charge in [-0.15, -0.1) is 0 Å². The van der Waals surface area contributed by atoms with Crippen molar-refractivity contribution < 1.29 is 9.90 Å². The monoisotopic (exact) mass is 303 g/mol. The third-order valence-electron chi connectivity index (χ3n) is 3.44. The lowest BCUT2D eigenvalue weighted by molar-refractivity contribution is -0.113. The number of benzene rings is 1. The molecular weight excluding hydrogens is 286 g/mol. The zero-order chi connectivity index (χ0) is 14.7. The molecule has 6 heteroatoms. The Kier molecular flexibility index (Phi) is 4.26. The van der Waals surface area contributed by atoms with Crippen molar-refractivity contribution in [1.82, 2.24) is 10.2 Å². The lowest BCUT2D eigenvalue weighted by Crippen LogP contribution is -2.31. The number of hydrogen-bond acceptors (Lipinski definition) is 5. The Morgan fingerprint density at radius 3 is 3.00 bits per heavy atom. The average Bonchev–Trinajstić information content (AvgIpc) is 2.69. The smallest absolute Gasteiger partial charge is 0.286 e. The maximum Gasteiger partial charge on any atom is 0.286 e. The highest BCUT2D eigenvalue weighted by molar-refractivity contribution is 8.18. The molecule has 0 bridgehead atoms. The van der Waals surface area contributed by atoms with Gasteiger partial charge in [-0.1, -0.05) is 18.2 Å². The molecule has 2 aliphatic heterocycles. The highest BCUT2D eigenvalue weighted by Crippen LogP contribution is 2.32. The number of hydrogen-bond donors (Lipinski definition) is 2. The summed E-state index contributed by atoms with van der Waals surface area (Å²) in [4.78, 5) is 18.9. The number of phenols is 1. The van der Waals surface area contributed by atoms with E-state index in [1.54, 1.807) is 24.3 Å². The van der Waals surface area contributed by atoms with Gasteiger partial charge >= 0.3 is 0 Å². The number of amidine groups is 1. The van der Waals surface area contributed by atoms with Gasteiger partial charge in [0.2, 0.25) is 0 Å². The summed E-state index contributed by atoms with van der Waals surface area (Å²) >= 11 is 1.39. The zero-order valence-electron chi connectivity index (χ0n) is 11.6. The second-order valence-corrected chi connectivity index (χ2v) is 5.97. The fourth-order valence-electron chi connectivity index (χ4n) is 2.32. The van der Waals surface area contributed by atoms with E-state index in [0.29, 0.717) is 10.5 Å². The Morgan fingerprint density at radius 1 is 1.29 bits per heavy atom. The van der Waals surface area contributed by atoms with Gasteiger partial charge in [-0.25, -0.2) is 0 Å². The van der Waals surface area contributed by atoms with E-state index in [1.165, 1.54) is 11.8 Å². The van der Waals surface area contributed by atoms with E-state index >= 15 is 0 Å². The van der Waals surface area contributed by atoms with Crippen molar-refractivity contribution in [1.29, 1.82) is 0 Å². The fourth-order valence-corrected chi connectivity index (χ4v) is 3.28. The van der Waals surface area contributed by atoms with E-state index < -0.39 is 0 Å². The van der Waals surface area contributed by atoms with Gasteiger partial charge in [0.1, 0.15) is 5.75 Å². The molecule has 3 rings (SSSR count). The molecule has 0 saturated carbocycles. The van der Waals surface area contributed by atoms with Gasteiger partial charge in [-0.3, -0.25) is 4.79 Å². The first-order valence-corrected chi connectivity index (χ1v) is 7.82. The Balaban J connectivity index is 1.77. The molecule has 2 N–H and O–H groups in total. The van der Waals surface area contributed by atoms with Crippen LogP contribution >= 0.6 is 11.8 Å². The van der Waals surface area contributed by atoms with Crippen molar-refractivity contribution in [3.05, 3.63) is 34.7 Å². The average molecular weight is 303 g/mol. The molecule has 5 nitrogen and oxygen atoms in total. The topological polar surface area (TPSA) is 64.9 Å². The van der Waals surface area contributed by atoms with Gasteiger partial charge in [-0.2, -0.15) is 4.99 Å². The van der Waals surface area contributed by atoms with Crippen molar-refractivity contribution in [2.45, 2.75) is 6.42 Å². The first-order chi connectivity index (χ1) is 10.2. The second-order valence-electron chi connectivity index (χ2n) is 4.96. The number of nitrogens with one attached hydrogen (secondary N) is 1. The number of thioether (sulfide) groups is 1. The third kappa shape index (κ3) is 3.28. The van der Waals surface area contributed by atoms with Gasteiger partial charge in [0, 0.05) is 25.2 Å². The van der Waals surface area contributed by atoms with Gasteiger partial charge in [0.25, 0.3) is 5.91 Å². The van der Waals surface area contributed by atoms with Crippen molar-refractivity contribution in [3.8, 4) is 5.75 Å². The van der Waals surface area contributed by atoms with E-state index in [4.69, 9.17) is 0 Å². The predicted octanol–water partition coefficient (Wildman–Crippen LogP) is 1.66. The Morgan fingerprint density at radius 2 is 2.14 bits per heavy atom. The molecule has 2 aliphatic rings. The van der Waals surface area contributed by atoms with Crippen LogP contribution < -0.4 is 5.32 Å². The maximum absolute atomic E-state index is 12.0. The van der Waals surface area contributed by atoms with Crippen LogP contribution in [0.2, 0.25) is 0 Å². The molecule has 0 spiro atoms. The highest BCUT2D eigenvalue weighted by atomic mass is 32.2. The van der Waals surface area contributed by atoms with E-state index in [1.807, 2.05) is 6.07 Å². The Bertz CT molecular complexity index is 605. The minimum Gasteiger partial charge on any atom is -0.507 e. The standard InChI is InChI=1S/C15H17N3O2S/c19-12-5-2-1-4-11(12)10-13-14(20)17-15(21-13)18-8-3-6-16-7-9-18/h1-2,4-5,10,16,19H,3,6-9H2/b13-10-. The molecule has 0 aliphatic carbocycles. The molecule has 0 unspecified atom stereocenters. The number of carbonyl (C=O) groups is 1. The lowest BCUT2D eigenvalue weighted by atomic mass is 10.2. The van der Waals surface area contributed by atoms with E-state index in [2.05, 4.69) is 15.2 Å². The van der Waals surface area contributed by atoms with Crippen LogP contribution in [0.5, 0.6) is 5.75 Å². The maximum atomic E-state index is 12.0. The summed E-state index contributed by atoms with van der Waals surface area (Å²) in [6.07, 6.45) is 2.75. The summed E-state index contributed by atoms with van der Waals surface area (Å²) in [5, 5.41) is 13.9. The molecule has 110 valence electrons. The van der Waals surface area contributed by atoms with Crippen molar-refractivity contribution in [2.75, 3.05) is 26.2 Å². The van der Waals surface area contributed by atoms with Crippen LogP contribution in [0.3, 0.4) is 0 Å². The van der Waals surface area contributed by atoms with Crippen LogP contribution in [0.4, 0.5) is 0 Å². The summed E-state index contributed by atoms with van der Waals surface area (Å²) in [7, 11) is 0. The Labute approximate surface area is 127 Å². The normalized spacial score (nSPS) is 21.5. The van der Waals surface area contributed by atoms with Crippen LogP contribution in [0.15, 0.2) is 34.2 Å². The van der Waals surface area contributed by atoms with E-state index in [-0.39, 0.29) is 11.7 Å². The van der Waals surface area contributed by atoms with E-state index in [0.717, 1.165) is 37.8 Å². The summed E-state index contributed by atoms with van der Waals surface area (Å²) in [6, 6.07) is 6.98. The molecule has 1 aromatic carbocycles. The number of carbonyl (C=O) groups excluding carboxylic acids is 1. The zero-order valence-corrected chi connectivity index (χ0v) is 12.4. The molecule has 1 amide bonds. The molecule has 2 heterocycles. The number of aromatic hydroxyl groups is 1. The van der Waals surface area contributed by atoms with Gasteiger partial charge in [-0.05, 0) is 36.9 Å². The number of para-hydroxylation sites is 1. The summed E-state index contributed by atoms with van der Waals surface area (Å²) in [6.45, 7) is 3.69. The number of amides is 1. The van der Waals surface area contributed by atoms with Crippen LogP contribution in [-0.4, -0.2) is 47.3 Å². The third-order valence-corrected chi connectivity index (χ3v) is 4.49. The SMILES string of the molecule is O=C1N=C(N2CCCNCC2)S/C1=C\c1ccccc1O. The molecule has 0 radical (unpaired) electrons. The molecule has 1 aromatic rings. The summed E-state index contributed by atoms with van der Waals surface area (Å²) in [5.41, 5.74) is 0.641. The van der Waals surface area contributed by atoms with Gasteiger partial charge < -0.3 is 15.3 Å². The summed E-state index contributed by atoms with van der Waals surface area (Å²) < 4.78 is 0. The minimum absolute atomic E-state index is 0.172.